The summed E-state index contributed by atoms with van der Waals surface area (Å²) in [5, 5.41) is 0. The number of Topliss-reactive ketones (excluding diaryl/α,β-unsaturated/α-hetero) is 1. The smallest absolute Gasteiger partial charge is 0.140 e. The lowest BCUT2D eigenvalue weighted by molar-refractivity contribution is -0.130. The third-order valence-corrected chi connectivity index (χ3v) is 5.54. The molecule has 2 aliphatic heterocycles. The number of fused-ring (bicyclic) bond motifs is 2. The summed E-state index contributed by atoms with van der Waals surface area (Å²) in [5.41, 5.74) is 2.62. The molecule has 126 valence electrons. The van der Waals surface area contributed by atoms with E-state index in [2.05, 4.69) is 57.0 Å². The normalized spacial score (nSPS) is 28.6. The molecule has 1 aromatic rings. The highest BCUT2D eigenvalue weighted by Gasteiger charge is 2.39. The van der Waals surface area contributed by atoms with E-state index in [0.717, 1.165) is 31.6 Å². The highest BCUT2D eigenvalue weighted by Crippen LogP contribution is 2.31. The van der Waals surface area contributed by atoms with Gasteiger partial charge >= 0.3 is 0 Å². The van der Waals surface area contributed by atoms with Gasteiger partial charge in [-0.2, -0.15) is 0 Å². The van der Waals surface area contributed by atoms with Crippen molar-refractivity contribution in [3.8, 4) is 0 Å². The summed E-state index contributed by atoms with van der Waals surface area (Å²) >= 11 is 0. The molecule has 0 N–H and O–H groups in total. The molecule has 0 aromatic heterocycles. The molecule has 2 unspecified atom stereocenters. The lowest BCUT2D eigenvalue weighted by Gasteiger charge is -2.46. The highest BCUT2D eigenvalue weighted by atomic mass is 16.5. The average molecular weight is 315 g/mol. The minimum absolute atomic E-state index is 0.161. The summed E-state index contributed by atoms with van der Waals surface area (Å²) in [5.74, 6) is 0.603. The molecule has 0 aliphatic carbocycles. The first-order valence-corrected chi connectivity index (χ1v) is 8.76. The molecule has 1 aromatic carbocycles. The van der Waals surface area contributed by atoms with Crippen LogP contribution in [0.3, 0.4) is 0 Å². The summed E-state index contributed by atoms with van der Waals surface area (Å²) in [7, 11) is 2.17. The van der Waals surface area contributed by atoms with Crippen molar-refractivity contribution in [2.75, 3.05) is 20.3 Å². The van der Waals surface area contributed by atoms with Crippen LogP contribution in [0.4, 0.5) is 0 Å². The predicted octanol–water partition coefficient (Wildman–Crippen LogP) is 3.20. The first-order chi connectivity index (χ1) is 10.8. The Balaban J connectivity index is 1.63. The standard InChI is InChI=1S/C20H29NO2/c1-20(2,3)16-7-5-14(6-8-16)9-19(22)15-10-17-12-23-13-18(11-15)21(17)4/h5-8,15,17-18H,9-13H2,1-4H3. The van der Waals surface area contributed by atoms with Gasteiger partial charge in [0, 0.05) is 24.4 Å². The van der Waals surface area contributed by atoms with Crippen LogP contribution in [0.2, 0.25) is 0 Å². The number of piperidine rings is 1. The zero-order valence-corrected chi connectivity index (χ0v) is 14.8. The highest BCUT2D eigenvalue weighted by molar-refractivity contribution is 5.83. The summed E-state index contributed by atoms with van der Waals surface area (Å²) in [4.78, 5) is 15.1. The second kappa shape index (κ2) is 6.37. The van der Waals surface area contributed by atoms with Crippen LogP contribution in [0.1, 0.15) is 44.7 Å². The van der Waals surface area contributed by atoms with Crippen molar-refractivity contribution in [2.24, 2.45) is 5.92 Å². The van der Waals surface area contributed by atoms with Crippen LogP contribution in [-0.2, 0) is 21.4 Å². The molecule has 2 atom stereocenters. The number of nitrogens with zero attached hydrogens (tertiary/aromatic N) is 1. The van der Waals surface area contributed by atoms with E-state index in [1.165, 1.54) is 5.56 Å². The lowest BCUT2D eigenvalue weighted by atomic mass is 9.81. The molecule has 3 heteroatoms. The van der Waals surface area contributed by atoms with E-state index >= 15 is 0 Å². The van der Waals surface area contributed by atoms with E-state index in [-0.39, 0.29) is 11.3 Å². The minimum atomic E-state index is 0.161. The average Bonchev–Trinajstić information content (AvgIpc) is 2.46. The summed E-state index contributed by atoms with van der Waals surface area (Å²) < 4.78 is 5.65. The van der Waals surface area contributed by atoms with E-state index in [1.807, 2.05) is 0 Å². The number of carbonyl (C=O) groups is 1. The Morgan fingerprint density at radius 1 is 1.13 bits per heavy atom. The van der Waals surface area contributed by atoms with Gasteiger partial charge in [-0.3, -0.25) is 9.69 Å². The molecule has 2 fully saturated rings. The second-order valence-corrected chi connectivity index (χ2v) is 8.27. The third kappa shape index (κ3) is 3.67. The van der Waals surface area contributed by atoms with Crippen LogP contribution >= 0.6 is 0 Å². The summed E-state index contributed by atoms with van der Waals surface area (Å²) in [6.45, 7) is 8.19. The molecule has 23 heavy (non-hydrogen) atoms. The topological polar surface area (TPSA) is 29.5 Å². The largest absolute Gasteiger partial charge is 0.378 e. The Morgan fingerprint density at radius 3 is 2.22 bits per heavy atom. The predicted molar refractivity (Wildman–Crippen MR) is 92.7 cm³/mol. The Bertz CT molecular complexity index is 544. The van der Waals surface area contributed by atoms with Gasteiger partial charge in [0.1, 0.15) is 5.78 Å². The van der Waals surface area contributed by atoms with Crippen LogP contribution in [0.15, 0.2) is 24.3 Å². The fraction of sp³-hybridized carbons (Fsp3) is 0.650. The van der Waals surface area contributed by atoms with Gasteiger partial charge in [0.2, 0.25) is 0 Å². The lowest BCUT2D eigenvalue weighted by Crippen LogP contribution is -2.55. The number of rotatable bonds is 3. The number of likely N-dealkylation sites (N-methyl/N-ethyl adjacent to an activating group) is 1. The van der Waals surface area contributed by atoms with Crippen LogP contribution in [0.25, 0.3) is 0 Å². The summed E-state index contributed by atoms with van der Waals surface area (Å²) in [6.07, 6.45) is 2.47. The Kier molecular flexibility index (Phi) is 4.61. The Labute approximate surface area is 140 Å². The van der Waals surface area contributed by atoms with Crippen molar-refractivity contribution in [3.63, 3.8) is 0 Å². The SMILES string of the molecule is CN1C2COCC1CC(C(=O)Cc1ccc(C(C)(C)C)cc1)C2. The molecule has 2 saturated heterocycles. The first kappa shape index (κ1) is 16.7. The zero-order valence-electron chi connectivity index (χ0n) is 14.8. The van der Waals surface area contributed by atoms with Gasteiger partial charge in [-0.05, 0) is 36.4 Å². The van der Waals surface area contributed by atoms with Gasteiger partial charge in [0.05, 0.1) is 13.2 Å². The maximum atomic E-state index is 12.7. The summed E-state index contributed by atoms with van der Waals surface area (Å²) in [6, 6.07) is 9.41. The van der Waals surface area contributed by atoms with Crippen molar-refractivity contribution in [1.29, 1.82) is 0 Å². The fourth-order valence-electron chi connectivity index (χ4n) is 3.83. The molecule has 2 heterocycles. The fourth-order valence-corrected chi connectivity index (χ4v) is 3.83. The van der Waals surface area contributed by atoms with Crippen molar-refractivity contribution < 1.29 is 9.53 Å². The van der Waals surface area contributed by atoms with Gasteiger partial charge < -0.3 is 4.74 Å². The molecule has 2 aliphatic rings. The molecule has 0 radical (unpaired) electrons. The van der Waals surface area contributed by atoms with Crippen LogP contribution < -0.4 is 0 Å². The maximum Gasteiger partial charge on any atom is 0.140 e. The molecular weight excluding hydrogens is 286 g/mol. The maximum absolute atomic E-state index is 12.7. The van der Waals surface area contributed by atoms with Crippen molar-refractivity contribution >= 4 is 5.78 Å². The Morgan fingerprint density at radius 2 is 1.70 bits per heavy atom. The van der Waals surface area contributed by atoms with Gasteiger partial charge in [0.15, 0.2) is 0 Å². The van der Waals surface area contributed by atoms with Gasteiger partial charge in [-0.25, -0.2) is 0 Å². The first-order valence-electron chi connectivity index (χ1n) is 8.76. The van der Waals surface area contributed by atoms with E-state index in [0.29, 0.717) is 24.3 Å². The molecule has 3 rings (SSSR count). The second-order valence-electron chi connectivity index (χ2n) is 8.27. The van der Waals surface area contributed by atoms with Crippen molar-refractivity contribution in [2.45, 2.75) is 57.5 Å². The molecule has 0 saturated carbocycles. The van der Waals surface area contributed by atoms with Crippen LogP contribution in [-0.4, -0.2) is 43.0 Å². The molecule has 2 bridgehead atoms. The van der Waals surface area contributed by atoms with Crippen molar-refractivity contribution in [3.05, 3.63) is 35.4 Å². The van der Waals surface area contributed by atoms with Gasteiger partial charge in [-0.1, -0.05) is 45.0 Å². The molecule has 0 amide bonds. The zero-order chi connectivity index (χ0) is 16.6. The van der Waals surface area contributed by atoms with Gasteiger partial charge in [0.25, 0.3) is 0 Å². The number of hydrogen-bond donors (Lipinski definition) is 0. The molecule has 3 nitrogen and oxygen atoms in total. The van der Waals surface area contributed by atoms with E-state index in [9.17, 15) is 4.79 Å². The van der Waals surface area contributed by atoms with E-state index in [4.69, 9.17) is 4.74 Å². The number of carbonyl (C=O) groups excluding carboxylic acids is 1. The van der Waals surface area contributed by atoms with Crippen molar-refractivity contribution in [1.82, 2.24) is 4.90 Å². The molecule has 0 spiro atoms. The van der Waals surface area contributed by atoms with Crippen LogP contribution in [0, 0.1) is 5.92 Å². The number of ether oxygens (including phenoxy) is 1. The Hall–Kier alpha value is -1.19. The van der Waals surface area contributed by atoms with E-state index < -0.39 is 0 Å². The third-order valence-electron chi connectivity index (χ3n) is 5.54. The number of benzene rings is 1. The monoisotopic (exact) mass is 315 g/mol. The van der Waals surface area contributed by atoms with Crippen LogP contribution in [0.5, 0.6) is 0 Å². The number of hydrogen-bond acceptors (Lipinski definition) is 3. The number of ketones is 1. The quantitative estimate of drug-likeness (QED) is 0.858. The van der Waals surface area contributed by atoms with Gasteiger partial charge in [-0.15, -0.1) is 0 Å². The number of morpholine rings is 1. The minimum Gasteiger partial charge on any atom is -0.378 e. The molecular formula is C20H29NO2. The van der Waals surface area contributed by atoms with E-state index in [1.54, 1.807) is 0 Å².